The van der Waals surface area contributed by atoms with E-state index >= 15 is 0 Å². The van der Waals surface area contributed by atoms with Crippen LogP contribution in [-0.2, 0) is 19.6 Å². The summed E-state index contributed by atoms with van der Waals surface area (Å²) in [5, 5.41) is 3.04. The number of benzene rings is 2. The summed E-state index contributed by atoms with van der Waals surface area (Å²) in [7, 11) is -4.02. The van der Waals surface area contributed by atoms with Crippen molar-refractivity contribution in [2.45, 2.75) is 62.4 Å². The van der Waals surface area contributed by atoms with E-state index in [1.54, 1.807) is 44.2 Å². The van der Waals surface area contributed by atoms with E-state index in [-0.39, 0.29) is 23.2 Å². The molecule has 2 aliphatic rings. The zero-order valence-corrected chi connectivity index (χ0v) is 20.3. The Balaban J connectivity index is 1.73. The van der Waals surface area contributed by atoms with Crippen molar-refractivity contribution in [1.82, 2.24) is 9.62 Å². The molecule has 1 unspecified atom stereocenters. The first kappa shape index (κ1) is 24.3. The molecule has 7 nitrogen and oxygen atoms in total. The maximum absolute atomic E-state index is 14.4. The molecule has 1 N–H and O–H groups in total. The SMILES string of the molecule is Cc1ccc(N2C(=O)CN(S(=O)(=O)c3ccccc3)CC2(C)C(=O)NC2CCCCC2)cc1F. The molecular weight excluding hydrogens is 457 g/mol. The Bertz CT molecular complexity index is 1180. The number of aryl methyl sites for hydroxylation is 1. The quantitative estimate of drug-likeness (QED) is 0.701. The molecule has 1 atom stereocenters. The summed E-state index contributed by atoms with van der Waals surface area (Å²) < 4.78 is 42.2. The second kappa shape index (κ2) is 9.46. The Kier molecular flexibility index (Phi) is 6.78. The molecule has 0 bridgehead atoms. The third-order valence-corrected chi connectivity index (χ3v) is 8.57. The van der Waals surface area contributed by atoms with E-state index in [2.05, 4.69) is 5.32 Å². The van der Waals surface area contributed by atoms with Gasteiger partial charge in [0.1, 0.15) is 11.4 Å². The molecule has 2 amide bonds. The standard InChI is InChI=1S/C25H30FN3O4S/c1-18-13-14-20(15-22(18)26)29-23(30)16-28(34(32,33)21-11-7-4-8-12-21)17-25(29,2)24(31)27-19-9-5-3-6-10-19/h4,7-8,11-15,19H,3,5-6,9-10,16-17H2,1-2H3,(H,27,31). The predicted molar refractivity (Wildman–Crippen MR) is 127 cm³/mol. The Morgan fingerprint density at radius 1 is 1.09 bits per heavy atom. The van der Waals surface area contributed by atoms with Crippen LogP contribution in [0.3, 0.4) is 0 Å². The van der Waals surface area contributed by atoms with Gasteiger partial charge in [0.25, 0.3) is 0 Å². The van der Waals surface area contributed by atoms with Crippen LogP contribution in [-0.4, -0.2) is 49.2 Å². The molecule has 1 saturated heterocycles. The third-order valence-electron chi connectivity index (χ3n) is 6.76. The fourth-order valence-electron chi connectivity index (χ4n) is 4.79. The van der Waals surface area contributed by atoms with Crippen molar-refractivity contribution in [2.75, 3.05) is 18.0 Å². The van der Waals surface area contributed by atoms with Crippen molar-refractivity contribution in [3.05, 3.63) is 59.9 Å². The van der Waals surface area contributed by atoms with Crippen LogP contribution < -0.4 is 10.2 Å². The molecule has 0 spiro atoms. The number of carbonyl (C=O) groups excluding carboxylic acids is 2. The monoisotopic (exact) mass is 487 g/mol. The van der Waals surface area contributed by atoms with Crippen molar-refractivity contribution in [1.29, 1.82) is 0 Å². The number of carbonyl (C=O) groups is 2. The van der Waals surface area contributed by atoms with Crippen molar-refractivity contribution in [3.63, 3.8) is 0 Å². The number of rotatable bonds is 5. The minimum Gasteiger partial charge on any atom is -0.351 e. The van der Waals surface area contributed by atoms with E-state index in [0.29, 0.717) is 5.56 Å². The van der Waals surface area contributed by atoms with Crippen LogP contribution in [0.1, 0.15) is 44.6 Å². The van der Waals surface area contributed by atoms with E-state index in [1.165, 1.54) is 23.1 Å². The summed E-state index contributed by atoms with van der Waals surface area (Å²) in [5.41, 5.74) is -0.919. The molecule has 2 aromatic carbocycles. The number of piperazine rings is 1. The number of hydrogen-bond donors (Lipinski definition) is 1. The smallest absolute Gasteiger partial charge is 0.247 e. The molecule has 2 fully saturated rings. The van der Waals surface area contributed by atoms with Gasteiger partial charge in [0.05, 0.1) is 11.4 Å². The van der Waals surface area contributed by atoms with Gasteiger partial charge < -0.3 is 5.32 Å². The van der Waals surface area contributed by atoms with Gasteiger partial charge in [0.15, 0.2) is 0 Å². The topological polar surface area (TPSA) is 86.8 Å². The molecule has 1 aliphatic carbocycles. The van der Waals surface area contributed by atoms with Crippen LogP contribution in [0, 0.1) is 12.7 Å². The molecule has 34 heavy (non-hydrogen) atoms. The zero-order chi connectivity index (χ0) is 24.5. The number of nitrogens with one attached hydrogen (secondary N) is 1. The van der Waals surface area contributed by atoms with Crippen LogP contribution in [0.4, 0.5) is 10.1 Å². The molecule has 1 saturated carbocycles. The fraction of sp³-hybridized carbons (Fsp3) is 0.440. The third kappa shape index (κ3) is 4.59. The molecular formula is C25H30FN3O4S. The highest BCUT2D eigenvalue weighted by Gasteiger charge is 2.51. The van der Waals surface area contributed by atoms with E-state index in [0.717, 1.165) is 36.4 Å². The molecule has 1 heterocycles. The second-order valence-electron chi connectivity index (χ2n) is 9.33. The first-order valence-electron chi connectivity index (χ1n) is 11.6. The normalized spacial score (nSPS) is 22.6. The maximum Gasteiger partial charge on any atom is 0.247 e. The highest BCUT2D eigenvalue weighted by molar-refractivity contribution is 7.89. The van der Waals surface area contributed by atoms with Crippen LogP contribution >= 0.6 is 0 Å². The lowest BCUT2D eigenvalue weighted by Gasteiger charge is -2.47. The Morgan fingerprint density at radius 2 is 1.76 bits per heavy atom. The fourth-order valence-corrected chi connectivity index (χ4v) is 6.29. The van der Waals surface area contributed by atoms with Gasteiger partial charge in [-0.25, -0.2) is 12.8 Å². The summed E-state index contributed by atoms with van der Waals surface area (Å²) >= 11 is 0. The van der Waals surface area contributed by atoms with Gasteiger partial charge in [-0.05, 0) is 56.5 Å². The number of halogens is 1. The molecule has 182 valence electrons. The second-order valence-corrected chi connectivity index (χ2v) is 11.3. The Labute approximate surface area is 200 Å². The van der Waals surface area contributed by atoms with E-state index in [4.69, 9.17) is 0 Å². The Hall–Kier alpha value is -2.78. The summed E-state index contributed by atoms with van der Waals surface area (Å²) in [6.45, 7) is 2.47. The minimum atomic E-state index is -4.02. The first-order chi connectivity index (χ1) is 16.1. The summed E-state index contributed by atoms with van der Waals surface area (Å²) in [6.07, 6.45) is 4.78. The molecule has 4 rings (SSSR count). The lowest BCUT2D eigenvalue weighted by molar-refractivity contribution is -0.133. The van der Waals surface area contributed by atoms with Gasteiger partial charge in [-0.3, -0.25) is 14.5 Å². The highest BCUT2D eigenvalue weighted by Crippen LogP contribution is 2.33. The average molecular weight is 488 g/mol. The highest BCUT2D eigenvalue weighted by atomic mass is 32.2. The number of nitrogens with zero attached hydrogens (tertiary/aromatic N) is 2. The van der Waals surface area contributed by atoms with Crippen molar-refractivity contribution < 1.29 is 22.4 Å². The minimum absolute atomic E-state index is 0.0362. The Morgan fingerprint density at radius 3 is 2.41 bits per heavy atom. The van der Waals surface area contributed by atoms with Gasteiger partial charge in [-0.1, -0.05) is 43.5 Å². The summed E-state index contributed by atoms with van der Waals surface area (Å²) in [4.78, 5) is 28.4. The van der Waals surface area contributed by atoms with Crippen LogP contribution in [0.2, 0.25) is 0 Å². The van der Waals surface area contributed by atoms with E-state index in [1.807, 2.05) is 0 Å². The van der Waals surface area contributed by atoms with Gasteiger partial charge >= 0.3 is 0 Å². The van der Waals surface area contributed by atoms with Crippen LogP contribution in [0.25, 0.3) is 0 Å². The summed E-state index contributed by atoms with van der Waals surface area (Å²) in [5.74, 6) is -1.53. The van der Waals surface area contributed by atoms with Crippen LogP contribution in [0.15, 0.2) is 53.4 Å². The lowest BCUT2D eigenvalue weighted by Crippen LogP contribution is -2.70. The van der Waals surface area contributed by atoms with Gasteiger partial charge in [-0.15, -0.1) is 0 Å². The van der Waals surface area contributed by atoms with Crippen molar-refractivity contribution >= 4 is 27.5 Å². The van der Waals surface area contributed by atoms with E-state index in [9.17, 15) is 22.4 Å². The average Bonchev–Trinajstić information content (AvgIpc) is 2.82. The number of sulfonamides is 1. The van der Waals surface area contributed by atoms with E-state index < -0.39 is 39.7 Å². The molecule has 1 aliphatic heterocycles. The van der Waals surface area contributed by atoms with Gasteiger partial charge in [0.2, 0.25) is 21.8 Å². The van der Waals surface area contributed by atoms with Crippen molar-refractivity contribution in [3.8, 4) is 0 Å². The van der Waals surface area contributed by atoms with Gasteiger partial charge in [0, 0.05) is 18.3 Å². The largest absolute Gasteiger partial charge is 0.351 e. The zero-order valence-electron chi connectivity index (χ0n) is 19.5. The predicted octanol–water partition coefficient (Wildman–Crippen LogP) is 3.38. The lowest BCUT2D eigenvalue weighted by atomic mass is 9.91. The van der Waals surface area contributed by atoms with Crippen molar-refractivity contribution in [2.24, 2.45) is 0 Å². The van der Waals surface area contributed by atoms with Gasteiger partial charge in [-0.2, -0.15) is 4.31 Å². The summed E-state index contributed by atoms with van der Waals surface area (Å²) in [6, 6.07) is 12.2. The number of hydrogen-bond acceptors (Lipinski definition) is 4. The first-order valence-corrected chi connectivity index (χ1v) is 13.0. The molecule has 9 heteroatoms. The number of amides is 2. The molecule has 0 radical (unpaired) electrons. The maximum atomic E-state index is 14.4. The molecule has 0 aromatic heterocycles. The van der Waals surface area contributed by atoms with Crippen LogP contribution in [0.5, 0.6) is 0 Å². The molecule has 2 aromatic rings. The number of anilines is 1.